The van der Waals surface area contributed by atoms with Crippen molar-refractivity contribution in [2.45, 2.75) is 6.18 Å². The predicted molar refractivity (Wildman–Crippen MR) is 45.5 cm³/mol. The van der Waals surface area contributed by atoms with Gasteiger partial charge in [0.15, 0.2) is 10.2 Å². The Kier molecular flexibility index (Phi) is 3.01. The minimum Gasteiger partial charge on any atom is -0.354 e. The van der Waals surface area contributed by atoms with E-state index in [1.165, 1.54) is 7.05 Å². The number of hydrogen-bond donors (Lipinski definition) is 1. The van der Waals surface area contributed by atoms with Crippen LogP contribution in [-0.2, 0) is 6.18 Å². The minimum atomic E-state index is -4.66. The smallest absolute Gasteiger partial charge is 0.354 e. The zero-order valence-electron chi connectivity index (χ0n) is 6.78. The second-order valence-corrected chi connectivity index (χ2v) is 3.80. The first-order chi connectivity index (χ1) is 6.36. The molecule has 0 unspecified atom stereocenters. The molecule has 0 aromatic carbocycles. The van der Waals surface area contributed by atoms with E-state index in [0.717, 1.165) is 0 Å². The number of rotatable bonds is 1. The Hall–Kier alpha value is -0.820. The number of halogens is 4. The Bertz CT molecular complexity index is 362. The molecule has 0 saturated carbocycles. The Balaban J connectivity index is 3.23. The molecule has 0 atom stereocenters. The van der Waals surface area contributed by atoms with Crippen molar-refractivity contribution in [3.05, 3.63) is 15.0 Å². The van der Waals surface area contributed by atoms with Crippen molar-refractivity contribution >= 4 is 28.8 Å². The van der Waals surface area contributed by atoms with Crippen LogP contribution in [0.2, 0.25) is 4.47 Å². The molecule has 0 bridgehead atoms. The molecule has 0 aliphatic rings. The normalized spacial score (nSPS) is 11.5. The lowest BCUT2D eigenvalue weighted by atomic mass is 10.3. The van der Waals surface area contributed by atoms with Crippen LogP contribution in [0.4, 0.5) is 13.2 Å². The van der Waals surface area contributed by atoms with Crippen LogP contribution in [-0.4, -0.2) is 17.9 Å². The topological polar surface area (TPSA) is 42.0 Å². The first-order valence-electron chi connectivity index (χ1n) is 3.32. The van der Waals surface area contributed by atoms with Crippen LogP contribution >= 0.6 is 22.9 Å². The molecule has 1 heterocycles. The first-order valence-corrected chi connectivity index (χ1v) is 4.51. The van der Waals surface area contributed by atoms with E-state index in [-0.39, 0.29) is 4.47 Å². The fourth-order valence-electron chi connectivity index (χ4n) is 0.754. The van der Waals surface area contributed by atoms with Crippen LogP contribution in [0.3, 0.4) is 0 Å². The third kappa shape index (κ3) is 2.16. The molecular formula is C6H4ClF3N2OS. The third-order valence-corrected chi connectivity index (χ3v) is 2.46. The number of carbonyl (C=O) groups excluding carboxylic acids is 1. The summed E-state index contributed by atoms with van der Waals surface area (Å²) in [4.78, 5) is 13.5. The number of aromatic nitrogens is 1. The largest absolute Gasteiger partial charge is 0.435 e. The molecule has 1 aromatic heterocycles. The average molecular weight is 245 g/mol. The lowest BCUT2D eigenvalue weighted by Gasteiger charge is -2.04. The van der Waals surface area contributed by atoms with E-state index >= 15 is 0 Å². The number of amides is 1. The quantitative estimate of drug-likeness (QED) is 0.823. The maximum Gasteiger partial charge on any atom is 0.435 e. The molecule has 1 aromatic rings. The highest BCUT2D eigenvalue weighted by Gasteiger charge is 2.39. The highest BCUT2D eigenvalue weighted by atomic mass is 35.5. The van der Waals surface area contributed by atoms with Crippen molar-refractivity contribution in [3.63, 3.8) is 0 Å². The van der Waals surface area contributed by atoms with Gasteiger partial charge in [-0.3, -0.25) is 4.79 Å². The van der Waals surface area contributed by atoms with Gasteiger partial charge in [-0.15, -0.1) is 0 Å². The number of nitrogens with one attached hydrogen (secondary N) is 1. The highest BCUT2D eigenvalue weighted by Crippen LogP contribution is 2.35. The number of carbonyl (C=O) groups is 1. The second-order valence-electron chi connectivity index (χ2n) is 2.22. The van der Waals surface area contributed by atoms with Crippen LogP contribution in [0, 0.1) is 0 Å². The predicted octanol–water partition coefficient (Wildman–Crippen LogP) is 2.17. The summed E-state index contributed by atoms with van der Waals surface area (Å²) in [6.45, 7) is 0. The lowest BCUT2D eigenvalue weighted by molar-refractivity contribution is -0.141. The maximum atomic E-state index is 12.3. The van der Waals surface area contributed by atoms with Gasteiger partial charge >= 0.3 is 6.18 Å². The van der Waals surface area contributed by atoms with Gasteiger partial charge in [0.1, 0.15) is 4.88 Å². The van der Waals surface area contributed by atoms with E-state index in [9.17, 15) is 18.0 Å². The molecule has 0 aliphatic carbocycles. The zero-order chi connectivity index (χ0) is 10.9. The van der Waals surface area contributed by atoms with Gasteiger partial charge in [-0.05, 0) is 0 Å². The van der Waals surface area contributed by atoms with E-state index in [4.69, 9.17) is 11.6 Å². The summed E-state index contributed by atoms with van der Waals surface area (Å²) in [5.74, 6) is -0.846. The van der Waals surface area contributed by atoms with Gasteiger partial charge in [-0.2, -0.15) is 13.2 Å². The molecule has 0 spiro atoms. The molecule has 0 fully saturated rings. The summed E-state index contributed by atoms with van der Waals surface area (Å²) < 4.78 is 36.5. The van der Waals surface area contributed by atoms with Gasteiger partial charge in [0.25, 0.3) is 5.91 Å². The summed E-state index contributed by atoms with van der Waals surface area (Å²) in [5, 5.41) is 2.08. The van der Waals surface area contributed by atoms with Gasteiger partial charge in [0.05, 0.1) is 0 Å². The molecule has 1 N–H and O–H groups in total. The summed E-state index contributed by atoms with van der Waals surface area (Å²) >= 11 is 5.80. The monoisotopic (exact) mass is 244 g/mol. The molecule has 0 radical (unpaired) electrons. The summed E-state index contributed by atoms with van der Waals surface area (Å²) in [6.07, 6.45) is -4.66. The van der Waals surface area contributed by atoms with Gasteiger partial charge in [-0.25, -0.2) is 4.98 Å². The molecule has 0 aliphatic heterocycles. The van der Waals surface area contributed by atoms with Crippen LogP contribution in [0.5, 0.6) is 0 Å². The van der Waals surface area contributed by atoms with Crippen molar-refractivity contribution in [1.29, 1.82) is 0 Å². The summed E-state index contributed by atoms with van der Waals surface area (Å²) in [6, 6.07) is 0. The molecular weight excluding hydrogens is 241 g/mol. The third-order valence-electron chi connectivity index (χ3n) is 1.30. The van der Waals surface area contributed by atoms with Gasteiger partial charge in [0.2, 0.25) is 0 Å². The number of hydrogen-bond acceptors (Lipinski definition) is 3. The SMILES string of the molecule is CNC(=O)c1sc(Cl)nc1C(F)(F)F. The van der Waals surface area contributed by atoms with Crippen molar-refractivity contribution in [2.75, 3.05) is 7.05 Å². The zero-order valence-corrected chi connectivity index (χ0v) is 8.35. The number of alkyl halides is 3. The Morgan fingerprint density at radius 3 is 2.57 bits per heavy atom. The number of nitrogens with zero attached hydrogens (tertiary/aromatic N) is 1. The first kappa shape index (κ1) is 11.3. The molecule has 3 nitrogen and oxygen atoms in total. The lowest BCUT2D eigenvalue weighted by Crippen LogP contribution is -2.21. The van der Waals surface area contributed by atoms with Gasteiger partial charge in [-0.1, -0.05) is 22.9 Å². The fourth-order valence-corrected chi connectivity index (χ4v) is 1.83. The van der Waals surface area contributed by atoms with Crippen LogP contribution in [0.15, 0.2) is 0 Å². The summed E-state index contributed by atoms with van der Waals surface area (Å²) in [7, 11) is 1.23. The highest BCUT2D eigenvalue weighted by molar-refractivity contribution is 7.17. The van der Waals surface area contributed by atoms with Gasteiger partial charge < -0.3 is 5.32 Å². The Morgan fingerprint density at radius 1 is 1.57 bits per heavy atom. The molecule has 1 amide bonds. The number of thiazole rings is 1. The van der Waals surface area contributed by atoms with Crippen LogP contribution in [0.25, 0.3) is 0 Å². The second kappa shape index (κ2) is 3.74. The van der Waals surface area contributed by atoms with E-state index in [0.29, 0.717) is 11.3 Å². The average Bonchev–Trinajstić information content (AvgIpc) is 2.45. The Morgan fingerprint density at radius 2 is 2.14 bits per heavy atom. The molecule has 78 valence electrons. The minimum absolute atomic E-state index is 0.309. The fraction of sp³-hybridized carbons (Fsp3) is 0.333. The van der Waals surface area contributed by atoms with E-state index in [1.807, 2.05) is 0 Å². The molecule has 14 heavy (non-hydrogen) atoms. The van der Waals surface area contributed by atoms with E-state index in [2.05, 4.69) is 10.3 Å². The molecule has 1 rings (SSSR count). The standard InChI is InChI=1S/C6H4ClF3N2OS/c1-11-4(13)2-3(6(8,9)10)12-5(7)14-2/h1H3,(H,11,13). The molecule has 8 heteroatoms. The molecule has 0 saturated heterocycles. The van der Waals surface area contributed by atoms with Crippen molar-refractivity contribution in [2.24, 2.45) is 0 Å². The van der Waals surface area contributed by atoms with Crippen LogP contribution in [0.1, 0.15) is 15.4 Å². The summed E-state index contributed by atoms with van der Waals surface area (Å²) in [5.41, 5.74) is -1.24. The van der Waals surface area contributed by atoms with E-state index in [1.54, 1.807) is 0 Å². The Labute approximate surface area is 85.9 Å². The van der Waals surface area contributed by atoms with Crippen molar-refractivity contribution in [3.8, 4) is 0 Å². The van der Waals surface area contributed by atoms with E-state index < -0.39 is 22.7 Å². The van der Waals surface area contributed by atoms with Gasteiger partial charge in [0, 0.05) is 7.05 Å². The van der Waals surface area contributed by atoms with Crippen LogP contribution < -0.4 is 5.32 Å². The van der Waals surface area contributed by atoms with Crippen molar-refractivity contribution in [1.82, 2.24) is 10.3 Å². The van der Waals surface area contributed by atoms with Crippen molar-refractivity contribution < 1.29 is 18.0 Å². The maximum absolute atomic E-state index is 12.3.